The minimum atomic E-state index is -0.135. The molecule has 3 atom stereocenters. The number of hydrogen-bond acceptors (Lipinski definition) is 2. The maximum Gasteiger partial charge on any atom is 0.105 e. The quantitative estimate of drug-likeness (QED) is 0.110. The Labute approximate surface area is 298 Å². The monoisotopic (exact) mass is 664 g/mol. The van der Waals surface area contributed by atoms with Crippen LogP contribution in [0.5, 0.6) is 0 Å². The molecule has 2 rings (SSSR count). The molecule has 47 heavy (non-hydrogen) atoms. The number of likely N-dealkylation sites (N-methyl/N-ethyl adjacent to an activating group) is 1. The van der Waals surface area contributed by atoms with Gasteiger partial charge in [-0.15, -0.1) is 0 Å². The molecule has 0 radical (unpaired) electrons. The zero-order chi connectivity index (χ0) is 35.2. The molecule has 0 spiro atoms. The summed E-state index contributed by atoms with van der Waals surface area (Å²) in [6, 6.07) is 0. The predicted octanol–water partition coefficient (Wildman–Crippen LogP) is 12.3. The Balaban J connectivity index is 0.000000481. The van der Waals surface area contributed by atoms with E-state index >= 15 is 0 Å². The van der Waals surface area contributed by atoms with Crippen LogP contribution in [0.15, 0.2) is 0 Å². The van der Waals surface area contributed by atoms with Gasteiger partial charge in [-0.1, -0.05) is 138 Å². The molecular weight excluding hydrogens is 572 g/mol. The molecule has 0 aliphatic heterocycles. The van der Waals surface area contributed by atoms with Crippen molar-refractivity contribution in [3.05, 3.63) is 0 Å². The van der Waals surface area contributed by atoms with Crippen LogP contribution in [0, 0.1) is 47.3 Å². The third-order valence-electron chi connectivity index (χ3n) is 12.1. The van der Waals surface area contributed by atoms with Crippen LogP contribution in [0.3, 0.4) is 0 Å². The number of hydrogen-bond donors (Lipinski definition) is 1. The summed E-state index contributed by atoms with van der Waals surface area (Å²) >= 11 is 0. The second-order valence-electron chi connectivity index (χ2n) is 19.1. The lowest BCUT2D eigenvalue weighted by Gasteiger charge is -2.37. The van der Waals surface area contributed by atoms with Crippen molar-refractivity contribution in [2.24, 2.45) is 47.3 Å². The SMILES string of the molecule is CC(C)CCCC(C)CCCC1CCC(CN(C)C)CC1.CCC(O)C[N+](C)(C)CC1CCC(CCCC(C)CCCC(C)C)CC1. The number of nitrogens with zero attached hydrogens (tertiary/aromatic N) is 2. The van der Waals surface area contributed by atoms with Crippen LogP contribution in [0.1, 0.15) is 183 Å². The van der Waals surface area contributed by atoms with E-state index in [1.807, 2.05) is 0 Å². The van der Waals surface area contributed by atoms with Crippen molar-refractivity contribution in [2.75, 3.05) is 47.8 Å². The topological polar surface area (TPSA) is 23.5 Å². The molecule has 2 saturated carbocycles. The summed E-state index contributed by atoms with van der Waals surface area (Å²) in [5, 5.41) is 9.97. The molecule has 0 amide bonds. The zero-order valence-electron chi connectivity index (χ0n) is 34.5. The fourth-order valence-corrected chi connectivity index (χ4v) is 8.94. The maximum absolute atomic E-state index is 9.97. The van der Waals surface area contributed by atoms with Crippen molar-refractivity contribution in [1.82, 2.24) is 4.90 Å². The van der Waals surface area contributed by atoms with Crippen molar-refractivity contribution in [1.29, 1.82) is 0 Å². The lowest BCUT2D eigenvalue weighted by molar-refractivity contribution is -0.896. The van der Waals surface area contributed by atoms with E-state index < -0.39 is 0 Å². The van der Waals surface area contributed by atoms with Crippen LogP contribution >= 0.6 is 0 Å². The standard InChI is InChI=1S/C24H50NO.C20H41N/c1-7-24(26)19-25(5,6)18-23-16-14-22(15-17-23)13-9-12-21(4)11-8-10-20(2)3;1-17(2)8-6-9-18(3)10-7-11-19-12-14-20(15-13-19)16-21(4)5/h20-24,26H,7-19H2,1-6H3;17-20H,6-16H2,1-5H3/q+1;. The van der Waals surface area contributed by atoms with Gasteiger partial charge < -0.3 is 14.5 Å². The Morgan fingerprint density at radius 1 is 0.574 bits per heavy atom. The van der Waals surface area contributed by atoms with Gasteiger partial charge in [-0.25, -0.2) is 0 Å². The van der Waals surface area contributed by atoms with Gasteiger partial charge in [0.2, 0.25) is 0 Å². The smallest absolute Gasteiger partial charge is 0.105 e. The second-order valence-corrected chi connectivity index (χ2v) is 19.1. The van der Waals surface area contributed by atoms with E-state index in [-0.39, 0.29) is 6.10 Å². The van der Waals surface area contributed by atoms with Crippen LogP contribution < -0.4 is 0 Å². The molecule has 0 aromatic rings. The van der Waals surface area contributed by atoms with Gasteiger partial charge in [0.05, 0.1) is 20.6 Å². The van der Waals surface area contributed by atoms with Crippen molar-refractivity contribution in [3.63, 3.8) is 0 Å². The number of rotatable bonds is 23. The van der Waals surface area contributed by atoms with E-state index in [0.717, 1.165) is 64.8 Å². The van der Waals surface area contributed by atoms with Gasteiger partial charge in [0.25, 0.3) is 0 Å². The van der Waals surface area contributed by atoms with Crippen LogP contribution in [0.2, 0.25) is 0 Å². The van der Waals surface area contributed by atoms with E-state index in [4.69, 9.17) is 0 Å². The average Bonchev–Trinajstić information content (AvgIpc) is 2.98. The van der Waals surface area contributed by atoms with Gasteiger partial charge in [-0.05, 0) is 100 Å². The van der Waals surface area contributed by atoms with Crippen molar-refractivity contribution in [3.8, 4) is 0 Å². The Morgan fingerprint density at radius 3 is 1.34 bits per heavy atom. The fourth-order valence-electron chi connectivity index (χ4n) is 8.94. The minimum Gasteiger partial charge on any atom is -0.387 e. The first-order valence-electron chi connectivity index (χ1n) is 21.3. The second kappa shape index (κ2) is 25.8. The van der Waals surface area contributed by atoms with Gasteiger partial charge in [-0.2, -0.15) is 0 Å². The predicted molar refractivity (Wildman–Crippen MR) is 211 cm³/mol. The molecule has 0 aromatic carbocycles. The number of aliphatic hydroxyl groups excluding tert-OH is 1. The first kappa shape index (κ1) is 44.9. The molecular formula is C44H91N2O+. The van der Waals surface area contributed by atoms with Crippen molar-refractivity contribution in [2.45, 2.75) is 189 Å². The summed E-state index contributed by atoms with van der Waals surface area (Å²) in [4.78, 5) is 2.36. The zero-order valence-corrected chi connectivity index (χ0v) is 34.5. The molecule has 0 bridgehead atoms. The number of quaternary nitrogens is 1. The summed E-state index contributed by atoms with van der Waals surface area (Å²) < 4.78 is 0.984. The third kappa shape index (κ3) is 24.6. The highest BCUT2D eigenvalue weighted by molar-refractivity contribution is 4.75. The third-order valence-corrected chi connectivity index (χ3v) is 12.1. The van der Waals surface area contributed by atoms with Crippen LogP contribution in [-0.4, -0.2) is 68.4 Å². The molecule has 3 heteroatoms. The van der Waals surface area contributed by atoms with E-state index in [9.17, 15) is 5.11 Å². The highest BCUT2D eigenvalue weighted by Crippen LogP contribution is 2.34. The van der Waals surface area contributed by atoms with Gasteiger partial charge in [0, 0.05) is 12.5 Å². The molecule has 0 aromatic heterocycles. The first-order valence-corrected chi connectivity index (χ1v) is 21.3. The summed E-state index contributed by atoms with van der Waals surface area (Å²) in [6.45, 7) is 19.8. The molecule has 0 saturated heterocycles. The molecule has 2 fully saturated rings. The Morgan fingerprint density at radius 2 is 0.957 bits per heavy atom. The van der Waals surface area contributed by atoms with Crippen molar-refractivity contribution < 1.29 is 9.59 Å². The molecule has 2 aliphatic rings. The van der Waals surface area contributed by atoms with Crippen LogP contribution in [-0.2, 0) is 0 Å². The molecule has 1 N–H and O–H groups in total. The normalized spacial score (nSPS) is 24.3. The Kier molecular flexibility index (Phi) is 24.6. The number of aliphatic hydroxyl groups is 1. The molecule has 3 nitrogen and oxygen atoms in total. The Bertz CT molecular complexity index is 702. The van der Waals surface area contributed by atoms with Crippen LogP contribution in [0.25, 0.3) is 0 Å². The first-order chi connectivity index (χ1) is 22.2. The molecule has 3 unspecified atom stereocenters. The highest BCUT2D eigenvalue weighted by Gasteiger charge is 2.28. The largest absolute Gasteiger partial charge is 0.387 e. The Hall–Kier alpha value is -0.120. The fraction of sp³-hybridized carbons (Fsp3) is 1.00. The highest BCUT2D eigenvalue weighted by atomic mass is 16.3. The molecule has 0 heterocycles. The van der Waals surface area contributed by atoms with Crippen LogP contribution in [0.4, 0.5) is 0 Å². The molecule has 2 aliphatic carbocycles. The maximum atomic E-state index is 9.97. The van der Waals surface area contributed by atoms with Gasteiger partial charge >= 0.3 is 0 Å². The van der Waals surface area contributed by atoms with E-state index in [1.165, 1.54) is 142 Å². The van der Waals surface area contributed by atoms with E-state index in [2.05, 4.69) is 81.6 Å². The van der Waals surface area contributed by atoms with Gasteiger partial charge in [0.1, 0.15) is 12.6 Å². The van der Waals surface area contributed by atoms with E-state index in [0.29, 0.717) is 0 Å². The van der Waals surface area contributed by atoms with Gasteiger partial charge in [-0.3, -0.25) is 0 Å². The lowest BCUT2D eigenvalue weighted by atomic mass is 9.79. The summed E-state index contributed by atoms with van der Waals surface area (Å²) in [6.07, 6.45) is 29.8. The average molecular weight is 664 g/mol. The summed E-state index contributed by atoms with van der Waals surface area (Å²) in [7, 11) is 9.02. The minimum absolute atomic E-state index is 0.135. The molecule has 282 valence electrons. The van der Waals surface area contributed by atoms with E-state index in [1.54, 1.807) is 0 Å². The van der Waals surface area contributed by atoms with Crippen molar-refractivity contribution >= 4 is 0 Å². The summed E-state index contributed by atoms with van der Waals surface area (Å²) in [5.41, 5.74) is 0. The summed E-state index contributed by atoms with van der Waals surface area (Å²) in [5.74, 6) is 7.52. The lowest BCUT2D eigenvalue weighted by Crippen LogP contribution is -2.48. The van der Waals surface area contributed by atoms with Gasteiger partial charge in [0.15, 0.2) is 0 Å².